The number of halogens is 1. The van der Waals surface area contributed by atoms with E-state index in [0.29, 0.717) is 58.7 Å². The molecule has 4 aliphatic carbocycles. The van der Waals surface area contributed by atoms with Crippen LogP contribution in [0.15, 0.2) is 58.4 Å². The second kappa shape index (κ2) is 25.8. The average Bonchev–Trinajstić information content (AvgIpc) is 4.33. The van der Waals surface area contributed by atoms with Crippen molar-refractivity contribution in [3.05, 3.63) is 94.9 Å². The molecular formula is C57H80ClN11O4Pd. The zero-order valence-electron chi connectivity index (χ0n) is 44.1. The molecule has 15 nitrogen and oxygen atoms in total. The average molecular weight is 1130 g/mol. The van der Waals surface area contributed by atoms with E-state index in [-0.39, 0.29) is 70.7 Å². The first kappa shape index (κ1) is 57.6. The van der Waals surface area contributed by atoms with E-state index < -0.39 is 0 Å². The maximum absolute atomic E-state index is 14.0. The molecule has 404 valence electrons. The summed E-state index contributed by atoms with van der Waals surface area (Å²) >= 11 is 6.18. The molecule has 2 aromatic carbocycles. The Morgan fingerprint density at radius 3 is 1.45 bits per heavy atom. The molecule has 0 unspecified atom stereocenters. The molecule has 6 aromatic rings. The Kier molecular flexibility index (Phi) is 20.1. The Bertz CT molecular complexity index is 2920. The van der Waals surface area contributed by atoms with E-state index >= 15 is 0 Å². The third-order valence-electron chi connectivity index (χ3n) is 16.2. The van der Waals surface area contributed by atoms with Crippen LogP contribution in [0.2, 0.25) is 5.02 Å². The first-order chi connectivity index (χ1) is 34.4. The number of nitrogens with two attached hydrogens (primary N) is 1. The van der Waals surface area contributed by atoms with Gasteiger partial charge in [0.15, 0.2) is 0 Å². The van der Waals surface area contributed by atoms with Gasteiger partial charge in [0.1, 0.15) is 11.3 Å². The van der Waals surface area contributed by atoms with Crippen LogP contribution in [0, 0.1) is 32.6 Å². The SMILES string of the molecule is CN1CCC(Cc2ccc3c(c2)c(=O)n(C2CCC(O)CC2)c2nc(NCC4CC4)ncc32)CC1.CN1CCC(N)CC1.O=c1c2cc(Cl)ccc2c2cnc(NCC3CC3)nc2n1C1CCC(O)CC1.[CH3-].[CH3-].[Pd+2]. The number of likely N-dealkylation sites (tertiary alicyclic amines) is 2. The van der Waals surface area contributed by atoms with E-state index in [9.17, 15) is 19.8 Å². The van der Waals surface area contributed by atoms with Crippen LogP contribution in [0.3, 0.4) is 0 Å². The van der Waals surface area contributed by atoms with Crippen LogP contribution in [0.1, 0.15) is 120 Å². The van der Waals surface area contributed by atoms with Gasteiger partial charge in [-0.1, -0.05) is 29.8 Å². The Hall–Kier alpha value is -4.11. The number of nitrogens with one attached hydrogen (secondary N) is 2. The number of hydrogen-bond acceptors (Lipinski definition) is 13. The second-order valence-corrected chi connectivity index (χ2v) is 22.4. The van der Waals surface area contributed by atoms with Crippen LogP contribution < -0.4 is 27.5 Å². The fourth-order valence-electron chi connectivity index (χ4n) is 11.2. The van der Waals surface area contributed by atoms with Crippen molar-refractivity contribution < 1.29 is 30.6 Å². The van der Waals surface area contributed by atoms with E-state index in [1.54, 1.807) is 18.3 Å². The molecule has 2 aliphatic heterocycles. The number of piperidine rings is 2. The molecule has 17 heteroatoms. The molecule has 0 bridgehead atoms. The van der Waals surface area contributed by atoms with Crippen molar-refractivity contribution in [1.29, 1.82) is 0 Å². The molecule has 4 saturated carbocycles. The van der Waals surface area contributed by atoms with Gasteiger partial charge >= 0.3 is 20.4 Å². The summed E-state index contributed by atoms with van der Waals surface area (Å²) in [6, 6.07) is 12.4. The number of benzene rings is 2. The zero-order valence-corrected chi connectivity index (χ0v) is 46.4. The molecule has 74 heavy (non-hydrogen) atoms. The summed E-state index contributed by atoms with van der Waals surface area (Å²) in [5.74, 6) is 3.27. The Balaban J connectivity index is 0.000000184. The summed E-state index contributed by atoms with van der Waals surface area (Å²) in [5.41, 5.74) is 8.28. The van der Waals surface area contributed by atoms with Crippen LogP contribution >= 0.6 is 11.6 Å². The summed E-state index contributed by atoms with van der Waals surface area (Å²) in [6.45, 7) is 6.42. The van der Waals surface area contributed by atoms with Gasteiger partial charge in [-0.05, 0) is 202 Å². The summed E-state index contributed by atoms with van der Waals surface area (Å²) in [5, 5.41) is 32.1. The van der Waals surface area contributed by atoms with Crippen LogP contribution in [0.25, 0.3) is 43.6 Å². The molecule has 0 amide bonds. The van der Waals surface area contributed by atoms with E-state index in [1.165, 1.54) is 70.0 Å². The minimum Gasteiger partial charge on any atom is -0.393 e. The van der Waals surface area contributed by atoms with Crippen LogP contribution in [-0.2, 0) is 26.8 Å². The summed E-state index contributed by atoms with van der Waals surface area (Å²) < 4.78 is 3.73. The van der Waals surface area contributed by atoms with Gasteiger partial charge in [0.2, 0.25) is 11.9 Å². The monoisotopic (exact) mass is 1120 g/mol. The number of hydrogen-bond donors (Lipinski definition) is 5. The number of nitrogens with zero attached hydrogens (tertiary/aromatic N) is 8. The molecule has 4 aromatic heterocycles. The number of pyridine rings is 2. The zero-order chi connectivity index (χ0) is 49.2. The Morgan fingerprint density at radius 1 is 0.568 bits per heavy atom. The molecule has 2 saturated heterocycles. The first-order valence-electron chi connectivity index (χ1n) is 26.7. The van der Waals surface area contributed by atoms with Crippen LogP contribution in [-0.4, -0.2) is 121 Å². The largest absolute Gasteiger partial charge is 2.00 e. The predicted molar refractivity (Wildman–Crippen MR) is 299 cm³/mol. The molecule has 0 radical (unpaired) electrons. The maximum Gasteiger partial charge on any atom is 2.00 e. The summed E-state index contributed by atoms with van der Waals surface area (Å²) in [4.78, 5) is 50.9. The number of aliphatic hydroxyl groups excluding tert-OH is 2. The van der Waals surface area contributed by atoms with E-state index in [0.717, 1.165) is 110 Å². The van der Waals surface area contributed by atoms with Crippen molar-refractivity contribution in [3.8, 4) is 0 Å². The smallest absolute Gasteiger partial charge is 0.393 e. The predicted octanol–water partition coefficient (Wildman–Crippen LogP) is 8.96. The van der Waals surface area contributed by atoms with Crippen molar-refractivity contribution in [2.75, 3.05) is 64.0 Å². The van der Waals surface area contributed by atoms with Gasteiger partial charge in [-0.3, -0.25) is 18.7 Å². The van der Waals surface area contributed by atoms with Crippen molar-refractivity contribution in [3.63, 3.8) is 0 Å². The topological polar surface area (TPSA) is 193 Å². The van der Waals surface area contributed by atoms with Crippen LogP contribution in [0.4, 0.5) is 11.9 Å². The minimum atomic E-state index is -0.279. The third-order valence-corrected chi connectivity index (χ3v) is 16.5. The van der Waals surface area contributed by atoms with Gasteiger partial charge in [-0.2, -0.15) is 9.97 Å². The molecule has 6 aliphatic rings. The molecule has 6 heterocycles. The van der Waals surface area contributed by atoms with Crippen molar-refractivity contribution >= 4 is 67.1 Å². The molecular weight excluding hydrogens is 1040 g/mol. The summed E-state index contributed by atoms with van der Waals surface area (Å²) in [6.07, 6.45) is 20.0. The molecule has 6 fully saturated rings. The number of fused-ring (bicyclic) bond motifs is 6. The van der Waals surface area contributed by atoms with E-state index in [4.69, 9.17) is 27.3 Å². The van der Waals surface area contributed by atoms with E-state index in [2.05, 4.69) is 62.7 Å². The number of rotatable bonds is 10. The molecule has 6 N–H and O–H groups in total. The molecule has 0 atom stereocenters. The van der Waals surface area contributed by atoms with Gasteiger partial charge in [-0.15, -0.1) is 0 Å². The van der Waals surface area contributed by atoms with Crippen LogP contribution in [0.5, 0.6) is 0 Å². The third kappa shape index (κ3) is 13.9. The Morgan fingerprint density at radius 2 is 1.00 bits per heavy atom. The van der Waals surface area contributed by atoms with Gasteiger partial charge in [0, 0.05) is 70.2 Å². The number of aromatic nitrogens is 6. The van der Waals surface area contributed by atoms with Crippen molar-refractivity contribution in [2.24, 2.45) is 23.5 Å². The quantitative estimate of drug-likeness (QED) is 0.0497. The van der Waals surface area contributed by atoms with Crippen molar-refractivity contribution in [1.82, 2.24) is 38.9 Å². The molecule has 0 spiro atoms. The van der Waals surface area contributed by atoms with E-state index in [1.807, 2.05) is 21.4 Å². The van der Waals surface area contributed by atoms with Crippen molar-refractivity contribution in [2.45, 2.75) is 139 Å². The second-order valence-electron chi connectivity index (χ2n) is 21.9. The van der Waals surface area contributed by atoms with Gasteiger partial charge < -0.3 is 51.2 Å². The summed E-state index contributed by atoms with van der Waals surface area (Å²) in [7, 11) is 4.34. The minimum absolute atomic E-state index is 0. The number of anilines is 2. The fraction of sp³-hybridized carbons (Fsp3) is 0.579. The Labute approximate surface area is 456 Å². The standard InChI is InChI=1S/C28H37N5O2.C21H23ClN4O2.C6H14N2.2CH3.Pd/c1-32-12-10-18(11-13-32)14-20-4-9-23-24(15-20)27(35)33(21-5-7-22(34)8-6-21)26-25(23)17-30-28(31-26)29-16-19-2-3-19;22-13-3-8-16-17(9-13)20(28)26(14-4-6-15(27)7-5-14)19-18(16)11-24-21(25-19)23-10-12-1-2-12;1-8-4-2-6(7)3-5-8;;;/h4,9,15,17-19,21-22,34H,2-3,5-8,10-14,16H2,1H3,(H,29,30,31);3,8-9,11-12,14-15,27H,1-2,4-7,10H2,(H,23,24,25);6H,2-5,7H2,1H3;2*1H3;/q;;;2*-1;+2. The maximum atomic E-state index is 14.0. The molecule has 12 rings (SSSR count). The first-order valence-corrected chi connectivity index (χ1v) is 27.1. The van der Waals surface area contributed by atoms with Gasteiger partial charge in [0.25, 0.3) is 11.1 Å². The normalized spacial score (nSPS) is 22.9. The van der Waals surface area contributed by atoms with Gasteiger partial charge in [-0.25, -0.2) is 9.97 Å². The van der Waals surface area contributed by atoms with Gasteiger partial charge in [0.05, 0.1) is 12.2 Å². The fourth-order valence-corrected chi connectivity index (χ4v) is 11.4. The number of aliphatic hydroxyl groups is 2.